The van der Waals surface area contributed by atoms with Gasteiger partial charge in [0.15, 0.2) is 0 Å². The normalized spacial score (nSPS) is 21.6. The van der Waals surface area contributed by atoms with Crippen molar-refractivity contribution in [3.63, 3.8) is 0 Å². The van der Waals surface area contributed by atoms with Gasteiger partial charge in [-0.1, -0.05) is 25.7 Å². The van der Waals surface area contributed by atoms with Crippen LogP contribution in [-0.2, 0) is 4.74 Å². The highest BCUT2D eigenvalue weighted by molar-refractivity contribution is 5.95. The second-order valence-corrected chi connectivity index (χ2v) is 7.82. The van der Waals surface area contributed by atoms with Gasteiger partial charge in [0.1, 0.15) is 0 Å². The number of amides is 1. The molecule has 1 saturated heterocycles. The lowest BCUT2D eigenvalue weighted by molar-refractivity contribution is 0.0761. The summed E-state index contributed by atoms with van der Waals surface area (Å²) >= 11 is 0. The van der Waals surface area contributed by atoms with Crippen molar-refractivity contribution in [2.45, 2.75) is 57.5 Å². The first-order valence-corrected chi connectivity index (χ1v) is 10.6. The number of ether oxygens (including phenoxy) is 1. The third kappa shape index (κ3) is 5.23. The minimum absolute atomic E-state index is 0.107. The number of aliphatic hydroxyl groups is 1. The summed E-state index contributed by atoms with van der Waals surface area (Å²) in [6.07, 6.45) is 8.09. The molecular formula is C22H34N2O3. The quantitative estimate of drug-likeness (QED) is 0.872. The Labute approximate surface area is 163 Å². The molecule has 5 nitrogen and oxygen atoms in total. The van der Waals surface area contributed by atoms with Crippen molar-refractivity contribution in [2.75, 3.05) is 44.8 Å². The molecule has 5 heteroatoms. The molecule has 0 radical (unpaired) electrons. The molecule has 150 valence electrons. The molecule has 1 atom stereocenters. The van der Waals surface area contributed by atoms with Gasteiger partial charge in [-0.2, -0.15) is 0 Å². The summed E-state index contributed by atoms with van der Waals surface area (Å²) < 4.78 is 5.28. The number of hydrogen-bond acceptors (Lipinski definition) is 4. The van der Waals surface area contributed by atoms with E-state index in [0.717, 1.165) is 76.0 Å². The van der Waals surface area contributed by atoms with E-state index in [1.54, 1.807) is 7.11 Å². The van der Waals surface area contributed by atoms with Crippen molar-refractivity contribution in [2.24, 2.45) is 0 Å². The zero-order chi connectivity index (χ0) is 19.1. The Balaban J connectivity index is 1.88. The molecule has 1 aromatic carbocycles. The molecule has 1 fully saturated rings. The van der Waals surface area contributed by atoms with Crippen molar-refractivity contribution in [3.8, 4) is 0 Å². The zero-order valence-corrected chi connectivity index (χ0v) is 16.7. The van der Waals surface area contributed by atoms with E-state index in [1.165, 1.54) is 12.8 Å². The van der Waals surface area contributed by atoms with Crippen molar-refractivity contribution < 1.29 is 14.6 Å². The van der Waals surface area contributed by atoms with Crippen LogP contribution < -0.4 is 4.90 Å². The maximum Gasteiger partial charge on any atom is 0.253 e. The average molecular weight is 375 g/mol. The Kier molecular flexibility index (Phi) is 7.53. The van der Waals surface area contributed by atoms with Crippen LogP contribution in [0.15, 0.2) is 18.2 Å². The fraction of sp³-hybridized carbons (Fsp3) is 0.682. The van der Waals surface area contributed by atoms with Crippen LogP contribution in [0.2, 0.25) is 0 Å². The van der Waals surface area contributed by atoms with Gasteiger partial charge in [-0.15, -0.1) is 0 Å². The highest BCUT2D eigenvalue weighted by Gasteiger charge is 2.23. The number of carbonyl (C=O) groups is 1. The number of methoxy groups -OCH3 is 1. The number of likely N-dealkylation sites (tertiary alicyclic amines) is 1. The standard InChI is InChI=1S/C22H34N2O3/c1-27-16-15-23-12-8-4-5-9-21(25)19-17-18(10-11-20(19)23)22(26)24-13-6-2-3-7-14-24/h10-11,17,21,25H,2-9,12-16H2,1H3. The van der Waals surface area contributed by atoms with Crippen LogP contribution in [-0.4, -0.2) is 55.8 Å². The number of aliphatic hydroxyl groups excluding tert-OH is 1. The Morgan fingerprint density at radius 1 is 1.07 bits per heavy atom. The largest absolute Gasteiger partial charge is 0.388 e. The van der Waals surface area contributed by atoms with Crippen LogP contribution in [0.25, 0.3) is 0 Å². The van der Waals surface area contributed by atoms with E-state index in [0.29, 0.717) is 12.2 Å². The molecular weight excluding hydrogens is 340 g/mol. The molecule has 2 aliphatic heterocycles. The summed E-state index contributed by atoms with van der Waals surface area (Å²) in [5.41, 5.74) is 2.66. The lowest BCUT2D eigenvalue weighted by atomic mass is 9.99. The second-order valence-electron chi connectivity index (χ2n) is 7.82. The lowest BCUT2D eigenvalue weighted by Gasteiger charge is -2.28. The molecule has 1 aromatic rings. The Hall–Kier alpha value is -1.59. The monoisotopic (exact) mass is 374 g/mol. The molecule has 1 amide bonds. The molecule has 2 heterocycles. The Bertz CT molecular complexity index is 612. The van der Waals surface area contributed by atoms with E-state index in [4.69, 9.17) is 4.74 Å². The van der Waals surface area contributed by atoms with Gasteiger partial charge < -0.3 is 19.6 Å². The number of nitrogens with zero attached hydrogens (tertiary/aromatic N) is 2. The maximum atomic E-state index is 13.0. The molecule has 27 heavy (non-hydrogen) atoms. The predicted octanol–water partition coefficient (Wildman–Crippen LogP) is 3.76. The summed E-state index contributed by atoms with van der Waals surface area (Å²) in [5.74, 6) is 0.107. The van der Waals surface area contributed by atoms with Gasteiger partial charge in [0, 0.05) is 50.1 Å². The molecule has 0 bridgehead atoms. The summed E-state index contributed by atoms with van der Waals surface area (Å²) in [6.45, 7) is 4.11. The van der Waals surface area contributed by atoms with Gasteiger partial charge >= 0.3 is 0 Å². The SMILES string of the molecule is COCCN1CCCCCC(O)c2cc(C(=O)N3CCCCCC3)ccc21. The van der Waals surface area contributed by atoms with Crippen molar-refractivity contribution in [1.82, 2.24) is 4.90 Å². The molecule has 0 spiro atoms. The van der Waals surface area contributed by atoms with Gasteiger partial charge in [0.25, 0.3) is 5.91 Å². The number of benzene rings is 1. The minimum Gasteiger partial charge on any atom is -0.388 e. The van der Waals surface area contributed by atoms with Crippen LogP contribution in [0.3, 0.4) is 0 Å². The van der Waals surface area contributed by atoms with Crippen LogP contribution >= 0.6 is 0 Å². The molecule has 3 rings (SSSR count). The first-order valence-electron chi connectivity index (χ1n) is 10.6. The third-order valence-electron chi connectivity index (χ3n) is 5.84. The Morgan fingerprint density at radius 2 is 1.78 bits per heavy atom. The Morgan fingerprint density at radius 3 is 2.52 bits per heavy atom. The van der Waals surface area contributed by atoms with Gasteiger partial charge in [0.05, 0.1) is 12.7 Å². The minimum atomic E-state index is -0.514. The summed E-state index contributed by atoms with van der Waals surface area (Å²) in [4.78, 5) is 17.3. The topological polar surface area (TPSA) is 53.0 Å². The number of rotatable bonds is 4. The fourth-order valence-corrected chi connectivity index (χ4v) is 4.23. The van der Waals surface area contributed by atoms with Gasteiger partial charge in [-0.25, -0.2) is 0 Å². The molecule has 1 N–H and O–H groups in total. The van der Waals surface area contributed by atoms with Gasteiger partial charge in [-0.3, -0.25) is 4.79 Å². The number of fused-ring (bicyclic) bond motifs is 1. The van der Waals surface area contributed by atoms with Crippen molar-refractivity contribution in [1.29, 1.82) is 0 Å². The molecule has 1 unspecified atom stereocenters. The van der Waals surface area contributed by atoms with Crippen molar-refractivity contribution >= 4 is 11.6 Å². The molecule has 2 aliphatic rings. The maximum absolute atomic E-state index is 13.0. The highest BCUT2D eigenvalue weighted by Crippen LogP contribution is 2.33. The van der Waals surface area contributed by atoms with Crippen molar-refractivity contribution in [3.05, 3.63) is 29.3 Å². The lowest BCUT2D eigenvalue weighted by Crippen LogP contribution is -2.32. The molecule has 0 saturated carbocycles. The van der Waals surface area contributed by atoms with E-state index in [2.05, 4.69) is 4.90 Å². The summed E-state index contributed by atoms with van der Waals surface area (Å²) in [5, 5.41) is 10.8. The number of hydrogen-bond donors (Lipinski definition) is 1. The van der Waals surface area contributed by atoms with E-state index >= 15 is 0 Å². The summed E-state index contributed by atoms with van der Waals surface area (Å²) in [6, 6.07) is 5.92. The van der Waals surface area contributed by atoms with Gasteiger partial charge in [-0.05, 0) is 43.9 Å². The highest BCUT2D eigenvalue weighted by atomic mass is 16.5. The average Bonchev–Trinajstić information content (AvgIpc) is 2.95. The number of carbonyl (C=O) groups excluding carboxylic acids is 1. The summed E-state index contributed by atoms with van der Waals surface area (Å²) in [7, 11) is 1.72. The predicted molar refractivity (Wildman–Crippen MR) is 108 cm³/mol. The van der Waals surface area contributed by atoms with Crippen LogP contribution in [0.1, 0.15) is 73.4 Å². The van der Waals surface area contributed by atoms with E-state index in [1.807, 2.05) is 23.1 Å². The van der Waals surface area contributed by atoms with Crippen LogP contribution in [0.5, 0.6) is 0 Å². The smallest absolute Gasteiger partial charge is 0.253 e. The van der Waals surface area contributed by atoms with E-state index in [9.17, 15) is 9.90 Å². The van der Waals surface area contributed by atoms with E-state index in [-0.39, 0.29) is 5.91 Å². The third-order valence-corrected chi connectivity index (χ3v) is 5.84. The fourth-order valence-electron chi connectivity index (χ4n) is 4.23. The molecule has 0 aliphatic carbocycles. The second kappa shape index (κ2) is 10.1. The van der Waals surface area contributed by atoms with Crippen LogP contribution in [0, 0.1) is 0 Å². The molecule has 0 aromatic heterocycles. The van der Waals surface area contributed by atoms with Crippen LogP contribution in [0.4, 0.5) is 5.69 Å². The number of anilines is 1. The first kappa shape index (κ1) is 20.2. The first-order chi connectivity index (χ1) is 13.2. The van der Waals surface area contributed by atoms with Gasteiger partial charge in [0.2, 0.25) is 0 Å². The van der Waals surface area contributed by atoms with E-state index < -0.39 is 6.10 Å². The zero-order valence-electron chi connectivity index (χ0n) is 16.7.